The fraction of sp³-hybridized carbons (Fsp3) is 0.217. The molecular weight excluding hydrogens is 744 g/mol. The highest BCUT2D eigenvalue weighted by Gasteiger charge is 2.33. The van der Waals surface area contributed by atoms with Crippen LogP contribution >= 0.6 is 0 Å². The highest BCUT2D eigenvalue weighted by atomic mass is 16.5. The third-order valence-electron chi connectivity index (χ3n) is 8.66. The van der Waals surface area contributed by atoms with E-state index in [1.165, 1.54) is 0 Å². The lowest BCUT2D eigenvalue weighted by Gasteiger charge is -2.20. The van der Waals surface area contributed by atoms with Gasteiger partial charge in [0.05, 0.1) is 26.4 Å². The summed E-state index contributed by atoms with van der Waals surface area (Å²) in [7, 11) is 0. The van der Waals surface area contributed by atoms with Crippen LogP contribution in [-0.4, -0.2) is 60.5 Å². The van der Waals surface area contributed by atoms with Gasteiger partial charge in [-0.1, -0.05) is 109 Å². The van der Waals surface area contributed by atoms with Crippen molar-refractivity contribution in [3.63, 3.8) is 0 Å². The van der Waals surface area contributed by atoms with Crippen LogP contribution in [0.2, 0.25) is 0 Å². The molecule has 0 aliphatic carbocycles. The van der Waals surface area contributed by atoms with E-state index in [9.17, 15) is 29.4 Å². The van der Waals surface area contributed by atoms with E-state index in [1.54, 1.807) is 45.0 Å². The summed E-state index contributed by atoms with van der Waals surface area (Å²) in [6, 6.07) is 33.0. The van der Waals surface area contributed by atoms with E-state index in [0.29, 0.717) is 28.2 Å². The number of aromatic carboxylic acids is 2. The zero-order valence-corrected chi connectivity index (χ0v) is 32.6. The lowest BCUT2D eigenvalue weighted by Crippen LogP contribution is -2.18. The van der Waals surface area contributed by atoms with E-state index in [4.69, 9.17) is 28.4 Å². The molecule has 0 amide bonds. The van der Waals surface area contributed by atoms with Crippen LogP contribution in [0.3, 0.4) is 0 Å². The first kappa shape index (κ1) is 42.1. The Bertz CT molecular complexity index is 2390. The molecule has 0 aliphatic rings. The number of carboxylic acid groups (broad SMARTS) is 2. The van der Waals surface area contributed by atoms with Gasteiger partial charge in [0.2, 0.25) is 0 Å². The molecule has 0 aromatic heterocycles. The van der Waals surface area contributed by atoms with Gasteiger partial charge < -0.3 is 38.6 Å². The molecule has 6 aromatic rings. The number of hydrogen-bond acceptors (Lipinski definition) is 10. The zero-order valence-electron chi connectivity index (χ0n) is 32.6. The van der Waals surface area contributed by atoms with Crippen LogP contribution in [0.4, 0.5) is 0 Å². The van der Waals surface area contributed by atoms with Crippen LogP contribution < -0.4 is 18.9 Å². The van der Waals surface area contributed by atoms with Gasteiger partial charge in [-0.05, 0) is 38.8 Å². The monoisotopic (exact) mass is 788 g/mol. The SMILES string of the molecule is CCOC(=O)c1c(C(=O)OCC)c(OCc2ccccc2)c2ccccc2c1OCC.CCOc1c(C(=O)O)c(C(=O)O)c(OCc2ccccc2)c2ccccc12. The van der Waals surface area contributed by atoms with Crippen molar-refractivity contribution in [2.75, 3.05) is 26.4 Å². The molecule has 0 spiro atoms. The summed E-state index contributed by atoms with van der Waals surface area (Å²) in [5, 5.41) is 21.7. The molecule has 6 rings (SSSR count). The summed E-state index contributed by atoms with van der Waals surface area (Å²) < 4.78 is 33.9. The number of hydrogen-bond donors (Lipinski definition) is 2. The number of fused-ring (bicyclic) bond motifs is 2. The van der Waals surface area contributed by atoms with E-state index in [-0.39, 0.29) is 67.2 Å². The molecule has 12 heteroatoms. The summed E-state index contributed by atoms with van der Waals surface area (Å²) in [6.45, 7) is 8.07. The summed E-state index contributed by atoms with van der Waals surface area (Å²) >= 11 is 0. The van der Waals surface area contributed by atoms with E-state index < -0.39 is 35.0 Å². The number of ether oxygens (including phenoxy) is 6. The minimum atomic E-state index is -1.39. The maximum absolute atomic E-state index is 13.0. The quantitative estimate of drug-likeness (QED) is 0.0895. The minimum Gasteiger partial charge on any atom is -0.492 e. The second-order valence-corrected chi connectivity index (χ2v) is 12.4. The summed E-state index contributed by atoms with van der Waals surface area (Å²) in [6.07, 6.45) is 0. The van der Waals surface area contributed by atoms with Crippen molar-refractivity contribution in [3.05, 3.63) is 143 Å². The van der Waals surface area contributed by atoms with Crippen LogP contribution in [0.1, 0.15) is 80.3 Å². The van der Waals surface area contributed by atoms with E-state index in [1.807, 2.05) is 91.9 Å². The third-order valence-corrected chi connectivity index (χ3v) is 8.66. The zero-order chi connectivity index (χ0) is 41.6. The van der Waals surface area contributed by atoms with E-state index >= 15 is 0 Å². The van der Waals surface area contributed by atoms with E-state index in [0.717, 1.165) is 11.1 Å². The number of rotatable bonds is 16. The Hall–Kier alpha value is -7.08. The Kier molecular flexibility index (Phi) is 14.6. The molecule has 2 N–H and O–H groups in total. The van der Waals surface area contributed by atoms with Crippen LogP contribution in [-0.2, 0) is 22.7 Å². The van der Waals surface area contributed by atoms with Crippen molar-refractivity contribution in [1.29, 1.82) is 0 Å². The lowest BCUT2D eigenvalue weighted by atomic mass is 9.97. The van der Waals surface area contributed by atoms with Gasteiger partial charge >= 0.3 is 23.9 Å². The molecule has 0 saturated carbocycles. The number of carbonyl (C=O) groups is 4. The molecule has 0 saturated heterocycles. The van der Waals surface area contributed by atoms with Crippen molar-refractivity contribution in [2.24, 2.45) is 0 Å². The Morgan fingerprint density at radius 3 is 1.00 bits per heavy atom. The number of benzene rings is 6. The molecule has 0 unspecified atom stereocenters. The lowest BCUT2D eigenvalue weighted by molar-refractivity contribution is 0.0471. The maximum atomic E-state index is 13.0. The Balaban J connectivity index is 0.000000223. The van der Waals surface area contributed by atoms with Crippen molar-refractivity contribution >= 4 is 45.4 Å². The van der Waals surface area contributed by atoms with Crippen LogP contribution in [0.15, 0.2) is 109 Å². The normalized spacial score (nSPS) is 10.6. The van der Waals surface area contributed by atoms with Gasteiger partial charge in [0.25, 0.3) is 0 Å². The first-order valence-electron chi connectivity index (χ1n) is 18.7. The fourth-order valence-corrected chi connectivity index (χ4v) is 6.30. The summed E-state index contributed by atoms with van der Waals surface area (Å²) in [5.41, 5.74) is 0.964. The average Bonchev–Trinajstić information content (AvgIpc) is 3.23. The van der Waals surface area contributed by atoms with Gasteiger partial charge in [-0.25, -0.2) is 19.2 Å². The van der Waals surface area contributed by atoms with Crippen LogP contribution in [0, 0.1) is 0 Å². The molecule has 300 valence electrons. The molecule has 0 atom stereocenters. The maximum Gasteiger partial charge on any atom is 0.342 e. The molecule has 12 nitrogen and oxygen atoms in total. The molecular formula is C46H44O12. The number of esters is 2. The Morgan fingerprint density at radius 2 is 0.690 bits per heavy atom. The topological polar surface area (TPSA) is 164 Å². The largest absolute Gasteiger partial charge is 0.492 e. The minimum absolute atomic E-state index is 0.0124. The van der Waals surface area contributed by atoms with Gasteiger partial charge in [-0.2, -0.15) is 0 Å². The first-order valence-corrected chi connectivity index (χ1v) is 18.7. The molecule has 6 aromatic carbocycles. The summed E-state index contributed by atoms with van der Waals surface area (Å²) in [5.74, 6) is -3.50. The molecule has 0 bridgehead atoms. The number of carbonyl (C=O) groups excluding carboxylic acids is 2. The fourth-order valence-electron chi connectivity index (χ4n) is 6.30. The van der Waals surface area contributed by atoms with Crippen LogP contribution in [0.25, 0.3) is 21.5 Å². The average molecular weight is 789 g/mol. The van der Waals surface area contributed by atoms with Gasteiger partial charge in [0.15, 0.2) is 0 Å². The molecule has 0 aliphatic heterocycles. The van der Waals surface area contributed by atoms with E-state index in [2.05, 4.69) is 0 Å². The van der Waals surface area contributed by atoms with Crippen molar-refractivity contribution in [3.8, 4) is 23.0 Å². The molecule has 0 fully saturated rings. The van der Waals surface area contributed by atoms with Gasteiger partial charge in [0.1, 0.15) is 58.5 Å². The Labute approximate surface area is 335 Å². The first-order chi connectivity index (χ1) is 28.2. The second-order valence-electron chi connectivity index (χ2n) is 12.4. The van der Waals surface area contributed by atoms with Crippen molar-refractivity contribution < 1.29 is 57.8 Å². The van der Waals surface area contributed by atoms with Gasteiger partial charge in [-0.3, -0.25) is 0 Å². The van der Waals surface area contributed by atoms with Crippen molar-refractivity contribution in [1.82, 2.24) is 0 Å². The Morgan fingerprint density at radius 1 is 0.397 bits per heavy atom. The van der Waals surface area contributed by atoms with Gasteiger partial charge in [-0.15, -0.1) is 0 Å². The highest BCUT2D eigenvalue weighted by Crippen LogP contribution is 2.43. The second kappa shape index (κ2) is 20.2. The van der Waals surface area contributed by atoms with Gasteiger partial charge in [0, 0.05) is 21.5 Å². The standard InChI is InChI=1S/C25H26O6.C21H18O6/c1-4-28-22-18-14-10-11-15-19(18)23(31-16-17-12-8-7-9-13-17)21(25(27)30-6-3)20(22)24(26)29-5-2;1-2-26-18-14-10-6-7-11-15(14)19(17(21(24)25)16(18)20(22)23)27-12-13-8-4-3-5-9-13/h7-15H,4-6,16H2,1-3H3;3-11H,2,12H2,1H3,(H,22,23)(H,24,25). The smallest absolute Gasteiger partial charge is 0.342 e. The summed E-state index contributed by atoms with van der Waals surface area (Å²) in [4.78, 5) is 49.9. The molecule has 0 radical (unpaired) electrons. The molecule has 58 heavy (non-hydrogen) atoms. The predicted octanol–water partition coefficient (Wildman–Crippen LogP) is 9.38. The number of carboxylic acids is 2. The van der Waals surface area contributed by atoms with Crippen LogP contribution in [0.5, 0.6) is 23.0 Å². The molecule has 0 heterocycles. The third kappa shape index (κ3) is 9.47. The van der Waals surface area contributed by atoms with Crippen molar-refractivity contribution in [2.45, 2.75) is 40.9 Å². The highest BCUT2D eigenvalue weighted by molar-refractivity contribution is 6.15. The predicted molar refractivity (Wildman–Crippen MR) is 218 cm³/mol.